The van der Waals surface area contributed by atoms with Gasteiger partial charge in [-0.05, 0) is 38.0 Å². The van der Waals surface area contributed by atoms with Crippen molar-refractivity contribution in [2.45, 2.75) is 83.2 Å². The van der Waals surface area contributed by atoms with Gasteiger partial charge in [-0.15, -0.1) is 0 Å². The maximum absolute atomic E-state index is 13.8. The summed E-state index contributed by atoms with van der Waals surface area (Å²) in [6.07, 6.45) is 5.00. The summed E-state index contributed by atoms with van der Waals surface area (Å²) < 4.78 is 32.2. The van der Waals surface area contributed by atoms with Crippen molar-refractivity contribution in [2.24, 2.45) is 11.8 Å². The van der Waals surface area contributed by atoms with Gasteiger partial charge >= 0.3 is 11.9 Å². The molecule has 1 rings (SSSR count). The van der Waals surface area contributed by atoms with Crippen molar-refractivity contribution in [3.05, 3.63) is 12.2 Å². The van der Waals surface area contributed by atoms with Gasteiger partial charge in [-0.25, -0.2) is 0 Å². The molecule has 1 fully saturated rings. The van der Waals surface area contributed by atoms with E-state index >= 15 is 0 Å². The van der Waals surface area contributed by atoms with Crippen LogP contribution in [0.15, 0.2) is 12.2 Å². The van der Waals surface area contributed by atoms with E-state index in [1.807, 2.05) is 12.2 Å². The number of ketones is 2. The zero-order valence-electron chi connectivity index (χ0n) is 16.8. The minimum atomic E-state index is -3.33. The summed E-state index contributed by atoms with van der Waals surface area (Å²) in [6, 6.07) is 0. The molecule has 0 heterocycles. The number of hydrogen-bond acceptors (Lipinski definition) is 5. The van der Waals surface area contributed by atoms with Crippen LogP contribution >= 0.6 is 0 Å². The average molecular weight is 402 g/mol. The van der Waals surface area contributed by atoms with E-state index in [1.54, 1.807) is 6.92 Å². The molecule has 7 heteroatoms. The summed E-state index contributed by atoms with van der Waals surface area (Å²) in [5.41, 5.74) is 0. The van der Waals surface area contributed by atoms with Crippen molar-refractivity contribution in [1.82, 2.24) is 0 Å². The highest BCUT2D eigenvalue weighted by Crippen LogP contribution is 2.36. The van der Waals surface area contributed by atoms with Gasteiger partial charge in [0.15, 0.2) is 0 Å². The van der Waals surface area contributed by atoms with E-state index in [0.717, 1.165) is 0 Å². The highest BCUT2D eigenvalue weighted by Gasteiger charge is 2.43. The van der Waals surface area contributed by atoms with E-state index in [0.29, 0.717) is 32.1 Å². The molecule has 160 valence electrons. The second-order valence-electron chi connectivity index (χ2n) is 7.45. The molecular weight excluding hydrogens is 370 g/mol. The van der Waals surface area contributed by atoms with E-state index in [-0.39, 0.29) is 37.4 Å². The number of esters is 1. The second-order valence-corrected chi connectivity index (χ2v) is 7.45. The van der Waals surface area contributed by atoms with Gasteiger partial charge in [0, 0.05) is 31.6 Å². The number of carbonyl (C=O) groups is 3. The molecule has 0 spiro atoms. The second kappa shape index (κ2) is 12.0. The summed E-state index contributed by atoms with van der Waals surface area (Å²) in [4.78, 5) is 35.0. The van der Waals surface area contributed by atoms with Crippen molar-refractivity contribution in [3.63, 3.8) is 0 Å². The molecule has 3 atom stereocenters. The van der Waals surface area contributed by atoms with Crippen LogP contribution in [0.3, 0.4) is 0 Å². The van der Waals surface area contributed by atoms with Crippen molar-refractivity contribution in [3.8, 4) is 0 Å². The van der Waals surface area contributed by atoms with Gasteiger partial charge in [0.2, 0.25) is 5.78 Å². The van der Waals surface area contributed by atoms with Crippen LogP contribution in [-0.4, -0.2) is 41.8 Å². The zero-order valence-corrected chi connectivity index (χ0v) is 16.8. The Morgan fingerprint density at radius 1 is 1.25 bits per heavy atom. The Bertz CT molecular complexity index is 559. The number of alkyl halides is 2. The normalized spacial score (nSPS) is 22.8. The summed E-state index contributed by atoms with van der Waals surface area (Å²) in [5, 5.41) is 10.1. The lowest BCUT2D eigenvalue weighted by Crippen LogP contribution is -2.30. The molecule has 0 amide bonds. The van der Waals surface area contributed by atoms with Crippen LogP contribution in [0.1, 0.15) is 71.1 Å². The first-order valence-corrected chi connectivity index (χ1v) is 10.1. The number of unbranched alkanes of at least 4 members (excludes halogenated alkanes) is 2. The molecule has 1 aliphatic carbocycles. The molecule has 0 aromatic heterocycles. The summed E-state index contributed by atoms with van der Waals surface area (Å²) in [6.45, 7) is 1.79. The smallest absolute Gasteiger partial charge is 0.305 e. The number of halogens is 2. The minimum absolute atomic E-state index is 0.00588. The number of Topliss-reactive ketones (excluding diaryl/α,β-unsaturated/α-hetero) is 2. The average Bonchev–Trinajstić information content (AvgIpc) is 2.93. The molecule has 0 aromatic rings. The van der Waals surface area contributed by atoms with Crippen molar-refractivity contribution >= 4 is 17.5 Å². The largest absolute Gasteiger partial charge is 0.469 e. The minimum Gasteiger partial charge on any atom is -0.469 e. The fraction of sp³-hybridized carbons (Fsp3) is 0.762. The van der Waals surface area contributed by atoms with Crippen molar-refractivity contribution in [1.29, 1.82) is 0 Å². The first kappa shape index (κ1) is 24.4. The van der Waals surface area contributed by atoms with Gasteiger partial charge in [-0.2, -0.15) is 8.78 Å². The Kier molecular flexibility index (Phi) is 10.5. The molecule has 0 radical (unpaired) electrons. The Labute approximate surface area is 165 Å². The monoisotopic (exact) mass is 402 g/mol. The number of carbonyl (C=O) groups excluding carboxylic acids is 3. The molecule has 3 unspecified atom stereocenters. The van der Waals surface area contributed by atoms with Gasteiger partial charge in [0.1, 0.15) is 5.78 Å². The summed E-state index contributed by atoms with van der Waals surface area (Å²) in [7, 11) is 1.33. The lowest BCUT2D eigenvalue weighted by Gasteiger charge is -2.21. The number of ether oxygens (including phenoxy) is 1. The fourth-order valence-electron chi connectivity index (χ4n) is 3.56. The van der Waals surface area contributed by atoms with Crippen LogP contribution in [0.5, 0.6) is 0 Å². The highest BCUT2D eigenvalue weighted by molar-refractivity contribution is 5.86. The first-order chi connectivity index (χ1) is 13.2. The number of rotatable bonds is 13. The SMILES string of the molecule is CCCCC(F)(F)C(=O)CCC1C(O)CC(=O)C1C/C=C/CCCC(=O)OC. The molecular formula is C21H32F2O5. The molecule has 1 saturated carbocycles. The first-order valence-electron chi connectivity index (χ1n) is 10.1. The van der Waals surface area contributed by atoms with Crippen LogP contribution in [0.25, 0.3) is 0 Å². The van der Waals surface area contributed by atoms with Crippen molar-refractivity contribution in [2.75, 3.05) is 7.11 Å². The van der Waals surface area contributed by atoms with Crippen LogP contribution in [0.2, 0.25) is 0 Å². The van der Waals surface area contributed by atoms with E-state index in [4.69, 9.17) is 0 Å². The highest BCUT2D eigenvalue weighted by atomic mass is 19.3. The van der Waals surface area contributed by atoms with Gasteiger partial charge in [-0.1, -0.05) is 25.5 Å². The van der Waals surface area contributed by atoms with Crippen LogP contribution < -0.4 is 0 Å². The maximum atomic E-state index is 13.8. The predicted molar refractivity (Wildman–Crippen MR) is 101 cm³/mol. The Morgan fingerprint density at radius 2 is 1.96 bits per heavy atom. The van der Waals surface area contributed by atoms with E-state index in [2.05, 4.69) is 4.74 Å². The number of hydrogen-bond donors (Lipinski definition) is 1. The van der Waals surface area contributed by atoms with Crippen LogP contribution in [0, 0.1) is 11.8 Å². The zero-order chi connectivity index (χ0) is 21.2. The number of aliphatic hydroxyl groups excluding tert-OH is 1. The molecule has 1 aliphatic rings. The van der Waals surface area contributed by atoms with E-state index in [1.165, 1.54) is 7.11 Å². The lowest BCUT2D eigenvalue weighted by atomic mass is 9.86. The molecule has 5 nitrogen and oxygen atoms in total. The molecule has 1 N–H and O–H groups in total. The Balaban J connectivity index is 2.51. The fourth-order valence-corrected chi connectivity index (χ4v) is 3.56. The third kappa shape index (κ3) is 7.78. The summed E-state index contributed by atoms with van der Waals surface area (Å²) >= 11 is 0. The van der Waals surface area contributed by atoms with E-state index in [9.17, 15) is 28.3 Å². The Morgan fingerprint density at radius 3 is 2.61 bits per heavy atom. The van der Waals surface area contributed by atoms with E-state index < -0.39 is 36.1 Å². The molecule has 28 heavy (non-hydrogen) atoms. The molecule has 0 aromatic carbocycles. The van der Waals surface area contributed by atoms with Crippen molar-refractivity contribution < 1.29 is 33.0 Å². The molecule has 0 saturated heterocycles. The van der Waals surface area contributed by atoms with Crippen LogP contribution in [-0.2, 0) is 19.1 Å². The molecule has 0 bridgehead atoms. The topological polar surface area (TPSA) is 80.7 Å². The Hall–Kier alpha value is -1.63. The third-order valence-corrected chi connectivity index (χ3v) is 5.33. The lowest BCUT2D eigenvalue weighted by molar-refractivity contribution is -0.144. The number of methoxy groups -OCH3 is 1. The standard InChI is InChI=1S/C21H32F2O5/c1-3-4-13-21(22,23)19(26)12-11-16-15(17(24)14-18(16)25)9-7-5-6-8-10-20(27)28-2/h5,7,15-16,18,25H,3-4,6,8-14H2,1-2H3/b7-5+. The quantitative estimate of drug-likeness (QED) is 0.286. The number of aliphatic hydroxyl groups is 1. The summed E-state index contributed by atoms with van der Waals surface area (Å²) in [5.74, 6) is -5.74. The number of allylic oxidation sites excluding steroid dienone is 2. The third-order valence-electron chi connectivity index (χ3n) is 5.33. The van der Waals surface area contributed by atoms with Gasteiger partial charge < -0.3 is 9.84 Å². The van der Waals surface area contributed by atoms with Gasteiger partial charge in [0.25, 0.3) is 0 Å². The maximum Gasteiger partial charge on any atom is 0.305 e. The van der Waals surface area contributed by atoms with Gasteiger partial charge in [-0.3, -0.25) is 14.4 Å². The molecule has 0 aliphatic heterocycles. The predicted octanol–water partition coefficient (Wildman–Crippen LogP) is 4.02. The van der Waals surface area contributed by atoms with Gasteiger partial charge in [0.05, 0.1) is 13.2 Å². The van der Waals surface area contributed by atoms with Crippen LogP contribution in [0.4, 0.5) is 8.78 Å².